The molecule has 2 N–H and O–H groups in total. The summed E-state index contributed by atoms with van der Waals surface area (Å²) in [6.07, 6.45) is 0. The van der Waals surface area contributed by atoms with Gasteiger partial charge in [-0.1, -0.05) is 22.8 Å². The highest BCUT2D eigenvalue weighted by atomic mass is 35.5. The number of hydrogen-bond acceptors (Lipinski definition) is 2. The Hall–Kier alpha value is -1.42. The smallest absolute Gasteiger partial charge is 0.348 e. The molecular formula is C7H6ClN3O. The molecule has 1 aromatic carbocycles. The highest BCUT2D eigenvalue weighted by Crippen LogP contribution is 2.17. The van der Waals surface area contributed by atoms with Crippen LogP contribution in [0.5, 0.6) is 0 Å². The van der Waals surface area contributed by atoms with Crippen molar-refractivity contribution in [3.8, 4) is 0 Å². The van der Waals surface area contributed by atoms with Crippen LogP contribution in [0.1, 0.15) is 0 Å². The van der Waals surface area contributed by atoms with E-state index in [-0.39, 0.29) is 0 Å². The summed E-state index contributed by atoms with van der Waals surface area (Å²) in [5.41, 5.74) is 5.25. The number of carbonyl (C=O) groups excluding carboxylic acids is 1. The molecule has 1 rings (SSSR count). The van der Waals surface area contributed by atoms with Crippen molar-refractivity contribution in [3.05, 3.63) is 29.3 Å². The van der Waals surface area contributed by atoms with Crippen LogP contribution in [0.15, 0.2) is 34.5 Å². The normalized spacial score (nSPS) is 10.4. The van der Waals surface area contributed by atoms with Crippen LogP contribution in [0.2, 0.25) is 5.02 Å². The fourth-order valence-electron chi connectivity index (χ4n) is 0.645. The lowest BCUT2D eigenvalue weighted by atomic mass is 10.3. The number of primary amides is 1. The van der Waals surface area contributed by atoms with Gasteiger partial charge in [-0.15, -0.1) is 5.11 Å². The summed E-state index contributed by atoms with van der Waals surface area (Å²) in [6, 6.07) is 5.82. The molecule has 0 spiro atoms. The number of nitrogens with zero attached hydrogens (tertiary/aromatic N) is 2. The Kier molecular flexibility index (Phi) is 2.76. The second kappa shape index (κ2) is 3.82. The summed E-state index contributed by atoms with van der Waals surface area (Å²) in [5, 5.41) is 7.21. The molecule has 0 aliphatic heterocycles. The Balaban J connectivity index is 2.83. The van der Waals surface area contributed by atoms with E-state index < -0.39 is 6.03 Å². The molecule has 12 heavy (non-hydrogen) atoms. The maximum Gasteiger partial charge on any atom is 0.356 e. The Morgan fingerprint density at radius 1 is 1.50 bits per heavy atom. The van der Waals surface area contributed by atoms with Crippen LogP contribution in [-0.4, -0.2) is 6.03 Å². The molecule has 0 aliphatic carbocycles. The highest BCUT2D eigenvalue weighted by Gasteiger charge is 1.91. The third-order valence-electron chi connectivity index (χ3n) is 1.07. The van der Waals surface area contributed by atoms with E-state index in [9.17, 15) is 4.79 Å². The van der Waals surface area contributed by atoms with Gasteiger partial charge in [-0.2, -0.15) is 0 Å². The van der Waals surface area contributed by atoms with Crippen LogP contribution in [0.3, 0.4) is 0 Å². The summed E-state index contributed by atoms with van der Waals surface area (Å²) in [7, 11) is 0. The monoisotopic (exact) mass is 183 g/mol. The maximum atomic E-state index is 10.2. The highest BCUT2D eigenvalue weighted by molar-refractivity contribution is 6.30. The molecule has 0 radical (unpaired) electrons. The largest absolute Gasteiger partial charge is 0.356 e. The van der Waals surface area contributed by atoms with Gasteiger partial charge in [-0.25, -0.2) is 4.79 Å². The van der Waals surface area contributed by atoms with E-state index in [1.165, 1.54) is 0 Å². The Morgan fingerprint density at radius 3 is 2.83 bits per heavy atom. The Bertz CT molecular complexity index is 324. The van der Waals surface area contributed by atoms with E-state index in [1.54, 1.807) is 24.3 Å². The molecule has 0 aliphatic rings. The number of urea groups is 1. The van der Waals surface area contributed by atoms with E-state index in [1.807, 2.05) is 0 Å². The fourth-order valence-corrected chi connectivity index (χ4v) is 0.830. The zero-order valence-electron chi connectivity index (χ0n) is 6.07. The molecule has 0 atom stereocenters. The molecule has 0 saturated carbocycles. The van der Waals surface area contributed by atoms with Crippen LogP contribution in [0.25, 0.3) is 0 Å². The number of nitrogens with two attached hydrogens (primary N) is 1. The number of halogens is 1. The molecule has 0 aromatic heterocycles. The number of carbonyl (C=O) groups is 1. The lowest BCUT2D eigenvalue weighted by molar-refractivity contribution is 0.255. The minimum atomic E-state index is -0.824. The third kappa shape index (κ3) is 2.67. The zero-order valence-corrected chi connectivity index (χ0v) is 6.82. The number of hydrogen-bond donors (Lipinski definition) is 1. The van der Waals surface area contributed by atoms with Gasteiger partial charge in [0.1, 0.15) is 0 Å². The van der Waals surface area contributed by atoms with Gasteiger partial charge in [0.25, 0.3) is 0 Å². The number of azo groups is 1. The Morgan fingerprint density at radius 2 is 2.25 bits per heavy atom. The van der Waals surface area contributed by atoms with Gasteiger partial charge in [0.15, 0.2) is 0 Å². The van der Waals surface area contributed by atoms with Crippen LogP contribution in [0, 0.1) is 0 Å². The summed E-state index contributed by atoms with van der Waals surface area (Å²) < 4.78 is 0. The first-order valence-electron chi connectivity index (χ1n) is 3.15. The Labute approximate surface area is 74.0 Å². The quantitative estimate of drug-likeness (QED) is 0.668. The minimum absolute atomic E-state index is 0.501. The van der Waals surface area contributed by atoms with E-state index in [0.717, 1.165) is 0 Å². The van der Waals surface area contributed by atoms with Crippen molar-refractivity contribution in [3.63, 3.8) is 0 Å². The van der Waals surface area contributed by atoms with Crippen LogP contribution in [0.4, 0.5) is 10.5 Å². The first kappa shape index (κ1) is 8.67. The first-order chi connectivity index (χ1) is 5.68. The fraction of sp³-hybridized carbons (Fsp3) is 0. The molecule has 5 heteroatoms. The van der Waals surface area contributed by atoms with Crippen molar-refractivity contribution in [1.29, 1.82) is 0 Å². The van der Waals surface area contributed by atoms with Gasteiger partial charge >= 0.3 is 6.03 Å². The van der Waals surface area contributed by atoms with Crippen molar-refractivity contribution in [1.82, 2.24) is 0 Å². The van der Waals surface area contributed by atoms with Gasteiger partial charge in [-0.3, -0.25) is 0 Å². The average Bonchev–Trinajstić information content (AvgIpc) is 2.01. The van der Waals surface area contributed by atoms with Gasteiger partial charge in [0, 0.05) is 5.02 Å². The molecule has 0 saturated heterocycles. The molecule has 62 valence electrons. The van der Waals surface area contributed by atoms with Gasteiger partial charge in [0.2, 0.25) is 0 Å². The lowest BCUT2D eigenvalue weighted by Crippen LogP contribution is -2.01. The van der Waals surface area contributed by atoms with Gasteiger partial charge in [0.05, 0.1) is 5.69 Å². The number of rotatable bonds is 1. The molecule has 0 unspecified atom stereocenters. The topological polar surface area (TPSA) is 67.8 Å². The summed E-state index contributed by atoms with van der Waals surface area (Å²) >= 11 is 5.64. The van der Waals surface area contributed by atoms with E-state index in [0.29, 0.717) is 10.7 Å². The van der Waals surface area contributed by atoms with Crippen molar-refractivity contribution in [2.45, 2.75) is 0 Å². The summed E-state index contributed by atoms with van der Waals surface area (Å²) in [4.78, 5) is 10.2. The van der Waals surface area contributed by atoms with E-state index in [2.05, 4.69) is 10.2 Å². The SMILES string of the molecule is NC(=O)N=Nc1cccc(Cl)c1. The zero-order chi connectivity index (χ0) is 8.97. The molecule has 0 bridgehead atoms. The van der Waals surface area contributed by atoms with Crippen molar-refractivity contribution in [2.75, 3.05) is 0 Å². The third-order valence-corrected chi connectivity index (χ3v) is 1.31. The number of amides is 2. The van der Waals surface area contributed by atoms with Crippen molar-refractivity contribution >= 4 is 23.3 Å². The standard InChI is InChI=1S/C7H6ClN3O/c8-5-2-1-3-6(4-5)10-11-7(9)12/h1-4H,(H2,9,12). The van der Waals surface area contributed by atoms with E-state index in [4.69, 9.17) is 17.3 Å². The van der Waals surface area contributed by atoms with Crippen LogP contribution >= 0.6 is 11.6 Å². The predicted molar refractivity (Wildman–Crippen MR) is 45.6 cm³/mol. The summed E-state index contributed by atoms with van der Waals surface area (Å²) in [6.45, 7) is 0. The van der Waals surface area contributed by atoms with Crippen molar-refractivity contribution < 1.29 is 4.79 Å². The molecule has 0 heterocycles. The molecule has 4 nitrogen and oxygen atoms in total. The second-order valence-corrected chi connectivity index (χ2v) is 2.45. The van der Waals surface area contributed by atoms with Crippen molar-refractivity contribution in [2.24, 2.45) is 16.0 Å². The predicted octanol–water partition coefficient (Wildman–Crippen LogP) is 2.50. The first-order valence-corrected chi connectivity index (χ1v) is 3.53. The van der Waals surface area contributed by atoms with Crippen LogP contribution < -0.4 is 5.73 Å². The lowest BCUT2D eigenvalue weighted by Gasteiger charge is -1.90. The molecular weight excluding hydrogens is 178 g/mol. The molecule has 2 amide bonds. The van der Waals surface area contributed by atoms with Gasteiger partial charge < -0.3 is 5.73 Å². The van der Waals surface area contributed by atoms with Crippen LogP contribution in [-0.2, 0) is 0 Å². The van der Waals surface area contributed by atoms with Gasteiger partial charge in [-0.05, 0) is 18.2 Å². The van der Waals surface area contributed by atoms with E-state index >= 15 is 0 Å². The molecule has 1 aromatic rings. The summed E-state index contributed by atoms with van der Waals surface area (Å²) in [5.74, 6) is 0. The maximum absolute atomic E-state index is 10.2. The molecule has 0 fully saturated rings. The second-order valence-electron chi connectivity index (χ2n) is 2.02. The minimum Gasteiger partial charge on any atom is -0.348 e. The number of benzene rings is 1. The average molecular weight is 184 g/mol.